The second-order valence-electron chi connectivity index (χ2n) is 9.57. The lowest BCUT2D eigenvalue weighted by molar-refractivity contribution is 0.112. The molecule has 1 aromatic carbocycles. The summed E-state index contributed by atoms with van der Waals surface area (Å²) >= 11 is 6.49. The molecular formula is C24H27ClN4O3Si. The zero-order valence-corrected chi connectivity index (χ0v) is 21.1. The minimum Gasteiger partial charge on any atom is -0.542 e. The third kappa shape index (κ3) is 4.72. The lowest BCUT2D eigenvalue weighted by atomic mass is 10.0. The number of aldehydes is 1. The predicted octanol–water partition coefficient (Wildman–Crippen LogP) is 6.01. The summed E-state index contributed by atoms with van der Waals surface area (Å²) in [5.74, 6) is 1.79. The van der Waals surface area contributed by atoms with Crippen LogP contribution < -0.4 is 14.5 Å². The molecule has 7 nitrogen and oxygen atoms in total. The van der Waals surface area contributed by atoms with Crippen LogP contribution in [0, 0.1) is 0 Å². The van der Waals surface area contributed by atoms with E-state index in [2.05, 4.69) is 54.1 Å². The van der Waals surface area contributed by atoms with Gasteiger partial charge in [-0.1, -0.05) is 32.4 Å². The quantitative estimate of drug-likeness (QED) is 0.340. The van der Waals surface area contributed by atoms with Crippen LogP contribution in [-0.2, 0) is 0 Å². The predicted molar refractivity (Wildman–Crippen MR) is 131 cm³/mol. The number of hydrogen-bond donors (Lipinski definition) is 1. The molecule has 0 aliphatic carbocycles. The number of nitrogens with zero attached hydrogens (tertiary/aromatic N) is 3. The van der Waals surface area contributed by atoms with Gasteiger partial charge in [-0.25, -0.2) is 9.97 Å². The van der Waals surface area contributed by atoms with Crippen molar-refractivity contribution < 1.29 is 14.0 Å². The Morgan fingerprint density at radius 3 is 2.55 bits per heavy atom. The van der Waals surface area contributed by atoms with Crippen LogP contribution in [0.4, 0.5) is 5.69 Å². The van der Waals surface area contributed by atoms with Gasteiger partial charge in [0.15, 0.2) is 18.2 Å². The zero-order valence-electron chi connectivity index (χ0n) is 19.3. The number of fused-ring (bicyclic) bond motifs is 1. The van der Waals surface area contributed by atoms with E-state index in [-0.39, 0.29) is 11.1 Å². The first-order valence-corrected chi connectivity index (χ1v) is 14.0. The van der Waals surface area contributed by atoms with E-state index in [1.54, 1.807) is 12.4 Å². The molecule has 172 valence electrons. The number of ether oxygens (including phenoxy) is 1. The molecule has 0 radical (unpaired) electrons. The molecule has 2 unspecified atom stereocenters. The van der Waals surface area contributed by atoms with Gasteiger partial charge in [-0.05, 0) is 36.3 Å². The highest BCUT2D eigenvalue weighted by atomic mass is 35.5. The molecular weight excluding hydrogens is 456 g/mol. The van der Waals surface area contributed by atoms with Crippen LogP contribution in [0.1, 0.15) is 54.7 Å². The second-order valence-corrected chi connectivity index (χ2v) is 14.7. The van der Waals surface area contributed by atoms with Crippen molar-refractivity contribution in [1.29, 1.82) is 0 Å². The van der Waals surface area contributed by atoms with E-state index in [0.717, 1.165) is 11.3 Å². The van der Waals surface area contributed by atoms with Gasteiger partial charge >= 0.3 is 0 Å². The number of halogens is 1. The monoisotopic (exact) mass is 482 g/mol. The number of benzene rings is 1. The highest BCUT2D eigenvalue weighted by Crippen LogP contribution is 2.46. The minimum absolute atomic E-state index is 0.0428. The maximum atomic E-state index is 11.0. The van der Waals surface area contributed by atoms with Crippen molar-refractivity contribution in [3.63, 3.8) is 0 Å². The summed E-state index contributed by atoms with van der Waals surface area (Å²) in [5, 5.41) is 4.15. The molecule has 1 aliphatic rings. The van der Waals surface area contributed by atoms with Gasteiger partial charge in [-0.3, -0.25) is 9.78 Å². The molecule has 2 aromatic heterocycles. The standard InChI is InChI=1S/C24H27ClN4O3Si/c1-24(2,3)33(4,5)32-19-10-16(6-7-18(19)25)29-21-17-8-9-26-13-20(17)31-22(21)23-27-11-15(14-30)12-28-23/h6-14,21-22,29H,1-5H3. The van der Waals surface area contributed by atoms with Crippen LogP contribution in [0.25, 0.3) is 0 Å². The Labute approximate surface area is 199 Å². The van der Waals surface area contributed by atoms with E-state index in [1.165, 1.54) is 12.4 Å². The van der Waals surface area contributed by atoms with Crippen molar-refractivity contribution in [3.05, 3.63) is 71.0 Å². The van der Waals surface area contributed by atoms with Gasteiger partial charge in [0.1, 0.15) is 11.5 Å². The van der Waals surface area contributed by atoms with Gasteiger partial charge in [0.05, 0.1) is 22.8 Å². The van der Waals surface area contributed by atoms with Crippen molar-refractivity contribution in [3.8, 4) is 11.5 Å². The number of aromatic nitrogens is 3. The van der Waals surface area contributed by atoms with Gasteiger partial charge in [0, 0.05) is 35.9 Å². The Balaban J connectivity index is 1.66. The molecule has 3 heterocycles. The van der Waals surface area contributed by atoms with E-state index in [0.29, 0.717) is 34.2 Å². The van der Waals surface area contributed by atoms with Crippen molar-refractivity contribution in [2.45, 2.75) is 51.0 Å². The Bertz CT molecular complexity index is 1170. The first-order chi connectivity index (χ1) is 15.6. The zero-order chi connectivity index (χ0) is 23.8. The summed E-state index contributed by atoms with van der Waals surface area (Å²) in [4.78, 5) is 23.9. The highest BCUT2D eigenvalue weighted by molar-refractivity contribution is 6.74. The largest absolute Gasteiger partial charge is 0.542 e. The Kier molecular flexibility index (Phi) is 6.15. The molecule has 2 atom stereocenters. The molecule has 33 heavy (non-hydrogen) atoms. The Morgan fingerprint density at radius 1 is 1.15 bits per heavy atom. The summed E-state index contributed by atoms with van der Waals surface area (Å²) in [5.41, 5.74) is 2.19. The number of carbonyl (C=O) groups excluding carboxylic acids is 1. The van der Waals surface area contributed by atoms with Crippen molar-refractivity contribution in [2.75, 3.05) is 5.32 Å². The van der Waals surface area contributed by atoms with Gasteiger partial charge in [-0.2, -0.15) is 0 Å². The van der Waals surface area contributed by atoms with Gasteiger partial charge < -0.3 is 14.5 Å². The number of carbonyl (C=O) groups is 1. The first-order valence-electron chi connectivity index (χ1n) is 10.7. The van der Waals surface area contributed by atoms with Crippen molar-refractivity contribution >= 4 is 31.9 Å². The van der Waals surface area contributed by atoms with E-state index >= 15 is 0 Å². The summed E-state index contributed by atoms with van der Waals surface area (Å²) in [6.07, 6.45) is 6.60. The lowest BCUT2D eigenvalue weighted by Gasteiger charge is -2.36. The van der Waals surface area contributed by atoms with Gasteiger partial charge in [0.25, 0.3) is 8.32 Å². The summed E-state index contributed by atoms with van der Waals surface area (Å²) in [6.45, 7) is 10.9. The van der Waals surface area contributed by atoms with E-state index in [4.69, 9.17) is 20.8 Å². The summed E-state index contributed by atoms with van der Waals surface area (Å²) in [6, 6.07) is 7.31. The first kappa shape index (κ1) is 23.2. The van der Waals surface area contributed by atoms with Gasteiger partial charge in [0.2, 0.25) is 0 Å². The fourth-order valence-electron chi connectivity index (χ4n) is 3.30. The topological polar surface area (TPSA) is 86.2 Å². The lowest BCUT2D eigenvalue weighted by Crippen LogP contribution is -2.43. The molecule has 0 saturated heterocycles. The van der Waals surface area contributed by atoms with Crippen molar-refractivity contribution in [1.82, 2.24) is 15.0 Å². The van der Waals surface area contributed by atoms with Crippen LogP contribution in [0.5, 0.6) is 11.5 Å². The van der Waals surface area contributed by atoms with Crippen LogP contribution in [0.2, 0.25) is 23.2 Å². The molecule has 0 fully saturated rings. The van der Waals surface area contributed by atoms with E-state index in [9.17, 15) is 4.79 Å². The maximum Gasteiger partial charge on any atom is 0.250 e. The highest BCUT2D eigenvalue weighted by Gasteiger charge is 2.40. The number of nitrogens with one attached hydrogen (secondary N) is 1. The maximum absolute atomic E-state index is 11.0. The molecule has 0 bridgehead atoms. The van der Waals surface area contributed by atoms with E-state index < -0.39 is 14.4 Å². The third-order valence-corrected chi connectivity index (χ3v) is 10.9. The molecule has 0 saturated carbocycles. The third-order valence-electron chi connectivity index (χ3n) is 6.22. The average molecular weight is 483 g/mol. The van der Waals surface area contributed by atoms with Crippen molar-refractivity contribution in [2.24, 2.45) is 0 Å². The average Bonchev–Trinajstić information content (AvgIpc) is 3.13. The molecule has 1 aliphatic heterocycles. The number of pyridine rings is 1. The molecule has 0 spiro atoms. The van der Waals surface area contributed by atoms with Crippen LogP contribution in [-0.4, -0.2) is 29.6 Å². The molecule has 1 N–H and O–H groups in total. The summed E-state index contributed by atoms with van der Waals surface area (Å²) < 4.78 is 12.6. The molecule has 3 aromatic rings. The fourth-order valence-corrected chi connectivity index (χ4v) is 4.55. The SMILES string of the molecule is CC(C)(C)[Si](C)(C)Oc1cc(NC2c3ccncc3OC2c2ncc(C=O)cn2)ccc1Cl. The smallest absolute Gasteiger partial charge is 0.250 e. The second kappa shape index (κ2) is 8.76. The number of anilines is 1. The van der Waals surface area contributed by atoms with Crippen LogP contribution in [0.3, 0.4) is 0 Å². The molecule has 9 heteroatoms. The molecule has 0 amide bonds. The molecule has 4 rings (SSSR count). The number of hydrogen-bond acceptors (Lipinski definition) is 7. The Morgan fingerprint density at radius 2 is 1.88 bits per heavy atom. The fraction of sp³-hybridized carbons (Fsp3) is 0.333. The van der Waals surface area contributed by atoms with Crippen LogP contribution in [0.15, 0.2) is 49.1 Å². The summed E-state index contributed by atoms with van der Waals surface area (Å²) in [7, 11) is -2.07. The Hall–Kier alpha value is -2.97. The van der Waals surface area contributed by atoms with E-state index in [1.807, 2.05) is 24.3 Å². The van der Waals surface area contributed by atoms with Gasteiger partial charge in [-0.15, -0.1) is 0 Å². The van der Waals surface area contributed by atoms with Crippen LogP contribution >= 0.6 is 11.6 Å². The minimum atomic E-state index is -2.07. The normalized spacial score (nSPS) is 17.8. The number of rotatable bonds is 6.